The number of carbonyl (C=O) groups excluding carboxylic acids is 1. The van der Waals surface area contributed by atoms with Gasteiger partial charge in [-0.25, -0.2) is 4.98 Å². The summed E-state index contributed by atoms with van der Waals surface area (Å²) >= 11 is 0. The Balaban J connectivity index is 1.35. The van der Waals surface area contributed by atoms with Crippen LogP contribution in [0.3, 0.4) is 0 Å². The summed E-state index contributed by atoms with van der Waals surface area (Å²) < 4.78 is 2.87. The molecule has 8 nitrogen and oxygen atoms in total. The second-order valence-corrected chi connectivity index (χ2v) is 6.96. The summed E-state index contributed by atoms with van der Waals surface area (Å²) in [6.45, 7) is 2.61. The summed E-state index contributed by atoms with van der Waals surface area (Å²) in [6, 6.07) is 10.4. The average Bonchev–Trinajstić information content (AvgIpc) is 3.25. The Morgan fingerprint density at radius 3 is 2.93 bits per heavy atom. The van der Waals surface area contributed by atoms with Crippen LogP contribution in [0.25, 0.3) is 11.0 Å². The molecule has 4 rings (SSSR count). The molecule has 1 fully saturated rings. The molecule has 1 aliphatic heterocycles. The second kappa shape index (κ2) is 7.32. The third-order valence-corrected chi connectivity index (χ3v) is 4.92. The Morgan fingerprint density at radius 2 is 2.11 bits per heavy atom. The van der Waals surface area contributed by atoms with Gasteiger partial charge in [0.1, 0.15) is 18.3 Å². The third kappa shape index (κ3) is 3.75. The first kappa shape index (κ1) is 17.4. The van der Waals surface area contributed by atoms with E-state index in [1.54, 1.807) is 11.7 Å². The summed E-state index contributed by atoms with van der Waals surface area (Å²) in [6.07, 6.45) is 3.80. The lowest BCUT2D eigenvalue weighted by Gasteiger charge is -2.17. The molecule has 1 saturated heterocycles. The first-order valence-electron chi connectivity index (χ1n) is 9.03. The van der Waals surface area contributed by atoms with Gasteiger partial charge in [-0.2, -0.15) is 5.10 Å². The normalized spacial score (nSPS) is 17.4. The maximum Gasteiger partial charge on any atom is 0.264 e. The Kier molecular flexibility index (Phi) is 4.72. The van der Waals surface area contributed by atoms with Gasteiger partial charge in [-0.1, -0.05) is 30.3 Å². The lowest BCUT2D eigenvalue weighted by Crippen LogP contribution is -2.40. The number of hydrogen-bond acceptors (Lipinski definition) is 5. The maximum absolute atomic E-state index is 12.5. The topological polar surface area (TPSA) is 85.0 Å². The van der Waals surface area contributed by atoms with Crippen LogP contribution in [0.5, 0.6) is 0 Å². The minimum atomic E-state index is -0.250. The van der Waals surface area contributed by atoms with Crippen LogP contribution in [0.15, 0.2) is 47.7 Å². The highest BCUT2D eigenvalue weighted by atomic mass is 16.2. The fraction of sp³-hybridized carbons (Fsp3) is 0.368. The number of carbonyl (C=O) groups is 1. The van der Waals surface area contributed by atoms with Gasteiger partial charge in [-0.15, -0.1) is 0 Å². The summed E-state index contributed by atoms with van der Waals surface area (Å²) in [5, 5.41) is 7.49. The number of likely N-dealkylation sites (tertiary alicyclic amines) is 1. The van der Waals surface area contributed by atoms with E-state index in [-0.39, 0.29) is 24.1 Å². The third-order valence-electron chi connectivity index (χ3n) is 4.92. The van der Waals surface area contributed by atoms with Crippen LogP contribution in [-0.2, 0) is 24.9 Å². The highest BCUT2D eigenvalue weighted by Crippen LogP contribution is 2.13. The molecule has 3 heterocycles. The molecule has 0 bridgehead atoms. The Bertz CT molecular complexity index is 1010. The van der Waals surface area contributed by atoms with Crippen molar-refractivity contribution in [3.63, 3.8) is 0 Å². The van der Waals surface area contributed by atoms with Gasteiger partial charge in [-0.05, 0) is 12.0 Å². The number of amides is 1. The van der Waals surface area contributed by atoms with Crippen LogP contribution >= 0.6 is 0 Å². The monoisotopic (exact) mass is 366 g/mol. The smallest absolute Gasteiger partial charge is 0.264 e. The van der Waals surface area contributed by atoms with Crippen LogP contribution in [0.2, 0.25) is 0 Å². The number of aryl methyl sites for hydroxylation is 1. The van der Waals surface area contributed by atoms with Gasteiger partial charge in [0.2, 0.25) is 5.91 Å². The van der Waals surface area contributed by atoms with Crippen LogP contribution in [0, 0.1) is 0 Å². The van der Waals surface area contributed by atoms with Crippen molar-refractivity contribution in [1.82, 2.24) is 29.5 Å². The quantitative estimate of drug-likeness (QED) is 0.712. The van der Waals surface area contributed by atoms with E-state index in [0.29, 0.717) is 11.0 Å². The van der Waals surface area contributed by atoms with E-state index in [1.165, 1.54) is 22.7 Å². The van der Waals surface area contributed by atoms with E-state index in [9.17, 15) is 9.59 Å². The van der Waals surface area contributed by atoms with Gasteiger partial charge in [-0.3, -0.25) is 23.7 Å². The Hall–Kier alpha value is -3.00. The van der Waals surface area contributed by atoms with E-state index in [1.807, 2.05) is 18.2 Å². The molecule has 1 aromatic carbocycles. The molecule has 27 heavy (non-hydrogen) atoms. The zero-order valence-electron chi connectivity index (χ0n) is 15.2. The van der Waals surface area contributed by atoms with E-state index in [4.69, 9.17) is 0 Å². The molecule has 3 aromatic rings. The summed E-state index contributed by atoms with van der Waals surface area (Å²) in [5.74, 6) is -0.172. The number of fused-ring (bicyclic) bond motifs is 1. The standard InChI is InChI=1S/C19H22N6O2/c1-23-18-16(9-21-23)19(27)25(13-20-18)12-17(26)22-15-7-8-24(11-15)10-14-5-3-2-4-6-14/h2-6,9,13,15H,7-8,10-12H2,1H3,(H,22,26). The predicted molar refractivity (Wildman–Crippen MR) is 101 cm³/mol. The molecule has 0 aliphatic carbocycles. The summed E-state index contributed by atoms with van der Waals surface area (Å²) in [4.78, 5) is 31.4. The molecule has 1 aliphatic rings. The minimum Gasteiger partial charge on any atom is -0.350 e. The molecule has 1 amide bonds. The average molecular weight is 366 g/mol. The van der Waals surface area contributed by atoms with Crippen LogP contribution < -0.4 is 10.9 Å². The second-order valence-electron chi connectivity index (χ2n) is 6.96. The van der Waals surface area contributed by atoms with E-state index in [2.05, 4.69) is 32.4 Å². The molecular weight excluding hydrogens is 344 g/mol. The van der Waals surface area contributed by atoms with Gasteiger partial charge in [0.05, 0.1) is 6.20 Å². The number of nitrogens with one attached hydrogen (secondary N) is 1. The van der Waals surface area contributed by atoms with Crippen LogP contribution in [0.4, 0.5) is 0 Å². The SMILES string of the molecule is Cn1ncc2c(=O)n(CC(=O)NC3CCN(Cc4ccccc4)C3)cnc21. The van der Waals surface area contributed by atoms with Gasteiger partial charge < -0.3 is 5.32 Å². The van der Waals surface area contributed by atoms with Crippen molar-refractivity contribution in [2.75, 3.05) is 13.1 Å². The lowest BCUT2D eigenvalue weighted by atomic mass is 10.2. The first-order valence-corrected chi connectivity index (χ1v) is 9.03. The van der Waals surface area contributed by atoms with E-state index < -0.39 is 0 Å². The van der Waals surface area contributed by atoms with E-state index in [0.717, 1.165) is 26.1 Å². The van der Waals surface area contributed by atoms with Crippen molar-refractivity contribution in [2.45, 2.75) is 25.6 Å². The molecule has 2 aromatic heterocycles. The summed E-state index contributed by atoms with van der Waals surface area (Å²) in [5.41, 5.74) is 1.54. The molecule has 0 spiro atoms. The first-order chi connectivity index (χ1) is 13.1. The Morgan fingerprint density at radius 1 is 1.30 bits per heavy atom. The van der Waals surface area contributed by atoms with Crippen molar-refractivity contribution in [3.05, 3.63) is 58.8 Å². The number of benzene rings is 1. The minimum absolute atomic E-state index is 0.0359. The van der Waals surface area contributed by atoms with Gasteiger partial charge in [0, 0.05) is 32.7 Å². The van der Waals surface area contributed by atoms with Gasteiger partial charge in [0.25, 0.3) is 5.56 Å². The highest BCUT2D eigenvalue weighted by Gasteiger charge is 2.24. The molecule has 0 radical (unpaired) electrons. The van der Waals surface area contributed by atoms with Crippen molar-refractivity contribution < 1.29 is 4.79 Å². The molecule has 1 atom stereocenters. The highest BCUT2D eigenvalue weighted by molar-refractivity contribution is 5.77. The summed E-state index contributed by atoms with van der Waals surface area (Å²) in [7, 11) is 1.73. The number of rotatable bonds is 5. The predicted octanol–water partition coefficient (Wildman–Crippen LogP) is 0.521. The maximum atomic E-state index is 12.5. The van der Waals surface area contributed by atoms with Crippen LogP contribution in [-0.4, -0.2) is 49.3 Å². The zero-order valence-corrected chi connectivity index (χ0v) is 15.2. The van der Waals surface area contributed by atoms with Gasteiger partial charge in [0.15, 0.2) is 5.65 Å². The molecule has 1 N–H and O–H groups in total. The zero-order chi connectivity index (χ0) is 18.8. The molecule has 140 valence electrons. The largest absolute Gasteiger partial charge is 0.350 e. The number of aromatic nitrogens is 4. The molecule has 0 saturated carbocycles. The number of hydrogen-bond donors (Lipinski definition) is 1. The Labute approximate surface area is 156 Å². The fourth-order valence-electron chi connectivity index (χ4n) is 3.54. The molecule has 8 heteroatoms. The van der Waals surface area contributed by atoms with E-state index >= 15 is 0 Å². The van der Waals surface area contributed by atoms with Crippen LogP contribution in [0.1, 0.15) is 12.0 Å². The van der Waals surface area contributed by atoms with Crippen molar-refractivity contribution in [3.8, 4) is 0 Å². The van der Waals surface area contributed by atoms with Crippen molar-refractivity contribution in [2.24, 2.45) is 7.05 Å². The van der Waals surface area contributed by atoms with Crippen molar-refractivity contribution in [1.29, 1.82) is 0 Å². The molecular formula is C19H22N6O2. The fourth-order valence-corrected chi connectivity index (χ4v) is 3.54. The molecule has 1 unspecified atom stereocenters. The van der Waals surface area contributed by atoms with Crippen molar-refractivity contribution >= 4 is 16.9 Å². The van der Waals surface area contributed by atoms with Gasteiger partial charge >= 0.3 is 0 Å². The lowest BCUT2D eigenvalue weighted by molar-refractivity contribution is -0.122. The number of nitrogens with zero attached hydrogens (tertiary/aromatic N) is 5.